The molecule has 2 rings (SSSR count). The number of aromatic hydroxyl groups is 2. The highest BCUT2D eigenvalue weighted by Gasteiger charge is 2.27. The number of benzene rings is 1. The normalized spacial score (nSPS) is 11.6. The Hall–Kier alpha value is -3.07. The van der Waals surface area contributed by atoms with Crippen molar-refractivity contribution in [2.45, 2.75) is 6.54 Å². The van der Waals surface area contributed by atoms with Gasteiger partial charge >= 0.3 is 0 Å². The van der Waals surface area contributed by atoms with E-state index in [2.05, 4.69) is 0 Å². The number of nitrogens with zero attached hydrogens (tertiary/aromatic N) is 2. The first-order chi connectivity index (χ1) is 10.0. The van der Waals surface area contributed by atoms with Crippen molar-refractivity contribution in [1.82, 2.24) is 4.57 Å². The Morgan fingerprint density at radius 1 is 1.10 bits per heavy atom. The molecule has 1 unspecified atom stereocenters. The minimum absolute atomic E-state index is 0.198. The van der Waals surface area contributed by atoms with Gasteiger partial charge < -0.3 is 10.2 Å². The summed E-state index contributed by atoms with van der Waals surface area (Å²) < 4.78 is 0.990. The lowest BCUT2D eigenvalue weighted by atomic mass is 9.97. The van der Waals surface area contributed by atoms with Gasteiger partial charge in [0.1, 0.15) is 5.92 Å². The maximum Gasteiger partial charge on any atom is 0.230 e. The second-order valence-corrected chi connectivity index (χ2v) is 4.40. The highest BCUT2D eigenvalue weighted by atomic mass is 16.3. The average Bonchev–Trinajstić information content (AvgIpc) is 2.83. The zero-order chi connectivity index (χ0) is 15.4. The molecule has 6 heteroatoms. The molecular formula is C15H12N2O4. The fourth-order valence-electron chi connectivity index (χ4n) is 1.89. The van der Waals surface area contributed by atoms with Gasteiger partial charge in [-0.05, 0) is 0 Å². The summed E-state index contributed by atoms with van der Waals surface area (Å²) in [5, 5.41) is 28.1. The largest absolute Gasteiger partial charge is 0.494 e. The molecule has 0 saturated heterocycles. The Balaban J connectivity index is 2.21. The summed E-state index contributed by atoms with van der Waals surface area (Å²) in [6.07, 6.45) is 0. The zero-order valence-electron chi connectivity index (χ0n) is 10.9. The van der Waals surface area contributed by atoms with Gasteiger partial charge in [-0.3, -0.25) is 14.2 Å². The number of ketones is 2. The third-order valence-corrected chi connectivity index (χ3v) is 3.03. The van der Waals surface area contributed by atoms with Crippen LogP contribution >= 0.6 is 0 Å². The van der Waals surface area contributed by atoms with E-state index in [1.807, 2.05) is 0 Å². The van der Waals surface area contributed by atoms with E-state index in [4.69, 9.17) is 5.26 Å². The molecule has 1 atom stereocenters. The quantitative estimate of drug-likeness (QED) is 0.639. The molecule has 0 fully saturated rings. The molecule has 0 bridgehead atoms. The number of carbonyl (C=O) groups excluding carboxylic acids is 2. The summed E-state index contributed by atoms with van der Waals surface area (Å²) in [6.45, 7) is -0.293. The Morgan fingerprint density at radius 3 is 2.19 bits per heavy atom. The number of carbonyl (C=O) groups is 2. The van der Waals surface area contributed by atoms with Crippen LogP contribution in [0.1, 0.15) is 10.4 Å². The van der Waals surface area contributed by atoms with Crippen molar-refractivity contribution in [2.75, 3.05) is 0 Å². The molecule has 0 spiro atoms. The predicted molar refractivity (Wildman–Crippen MR) is 72.6 cm³/mol. The summed E-state index contributed by atoms with van der Waals surface area (Å²) in [4.78, 5) is 24.1. The van der Waals surface area contributed by atoms with E-state index >= 15 is 0 Å². The number of nitriles is 1. The van der Waals surface area contributed by atoms with Crippen molar-refractivity contribution >= 4 is 11.6 Å². The highest BCUT2D eigenvalue weighted by molar-refractivity contribution is 6.44. The van der Waals surface area contributed by atoms with Crippen molar-refractivity contribution in [3.8, 4) is 17.8 Å². The fourth-order valence-corrected chi connectivity index (χ4v) is 1.89. The van der Waals surface area contributed by atoms with Crippen molar-refractivity contribution in [1.29, 1.82) is 5.26 Å². The Labute approximate surface area is 120 Å². The Bertz CT molecular complexity index is 694. The molecule has 0 aliphatic rings. The lowest BCUT2D eigenvalue weighted by Crippen LogP contribution is -2.26. The molecule has 0 radical (unpaired) electrons. The molecule has 6 nitrogen and oxygen atoms in total. The van der Waals surface area contributed by atoms with Crippen LogP contribution in [0.4, 0.5) is 0 Å². The van der Waals surface area contributed by atoms with Crippen LogP contribution < -0.4 is 0 Å². The van der Waals surface area contributed by atoms with Gasteiger partial charge in [0.05, 0.1) is 12.6 Å². The van der Waals surface area contributed by atoms with Gasteiger partial charge in [0.2, 0.25) is 11.6 Å². The molecular weight excluding hydrogens is 272 g/mol. The number of aromatic nitrogens is 1. The molecule has 106 valence electrons. The lowest BCUT2D eigenvalue weighted by molar-refractivity contribution is -0.117. The summed E-state index contributed by atoms with van der Waals surface area (Å²) in [6, 6.07) is 12.1. The monoisotopic (exact) mass is 284 g/mol. The average molecular weight is 284 g/mol. The minimum Gasteiger partial charge on any atom is -0.494 e. The molecule has 1 heterocycles. The maximum atomic E-state index is 12.1. The van der Waals surface area contributed by atoms with E-state index in [1.54, 1.807) is 24.3 Å². The second-order valence-electron chi connectivity index (χ2n) is 4.40. The third-order valence-electron chi connectivity index (χ3n) is 3.03. The van der Waals surface area contributed by atoms with Crippen LogP contribution in [0.5, 0.6) is 11.8 Å². The van der Waals surface area contributed by atoms with E-state index < -0.39 is 17.5 Å². The van der Waals surface area contributed by atoms with Crippen molar-refractivity contribution in [2.24, 2.45) is 5.92 Å². The van der Waals surface area contributed by atoms with Gasteiger partial charge in [0.15, 0.2) is 11.8 Å². The van der Waals surface area contributed by atoms with Crippen molar-refractivity contribution in [3.05, 3.63) is 48.0 Å². The van der Waals surface area contributed by atoms with E-state index in [0.717, 1.165) is 4.57 Å². The minimum atomic E-state index is -1.29. The molecule has 0 amide bonds. The molecule has 0 aliphatic heterocycles. The van der Waals surface area contributed by atoms with E-state index in [0.29, 0.717) is 0 Å². The number of hydrogen-bond acceptors (Lipinski definition) is 5. The molecule has 0 aliphatic carbocycles. The third kappa shape index (κ3) is 2.92. The topological polar surface area (TPSA) is 103 Å². The summed E-state index contributed by atoms with van der Waals surface area (Å²) >= 11 is 0. The summed E-state index contributed by atoms with van der Waals surface area (Å²) in [7, 11) is 0. The molecule has 2 aromatic rings. The van der Waals surface area contributed by atoms with Gasteiger partial charge in [0, 0.05) is 17.7 Å². The number of Topliss-reactive ketones (excluding diaryl/α,β-unsaturated/α-hetero) is 2. The van der Waals surface area contributed by atoms with E-state index in [1.165, 1.54) is 24.3 Å². The first-order valence-electron chi connectivity index (χ1n) is 6.15. The highest BCUT2D eigenvalue weighted by Crippen LogP contribution is 2.23. The van der Waals surface area contributed by atoms with Crippen LogP contribution in [0.2, 0.25) is 0 Å². The zero-order valence-corrected chi connectivity index (χ0v) is 10.9. The SMILES string of the molecule is N#CC(Cn1c(O)ccc1O)C(=O)C(=O)c1ccccc1. The first-order valence-corrected chi connectivity index (χ1v) is 6.15. The summed E-state index contributed by atoms with van der Waals surface area (Å²) in [5.41, 5.74) is 0.198. The second kappa shape index (κ2) is 5.92. The van der Waals surface area contributed by atoms with Crippen LogP contribution in [0.15, 0.2) is 42.5 Å². The van der Waals surface area contributed by atoms with Gasteiger partial charge in [-0.15, -0.1) is 0 Å². The molecule has 0 saturated carbocycles. The van der Waals surface area contributed by atoms with Gasteiger partial charge in [-0.25, -0.2) is 0 Å². The van der Waals surface area contributed by atoms with Crippen molar-refractivity contribution in [3.63, 3.8) is 0 Å². The Morgan fingerprint density at radius 2 is 1.67 bits per heavy atom. The van der Waals surface area contributed by atoms with Crippen LogP contribution in [0, 0.1) is 17.2 Å². The number of rotatable bonds is 5. The smallest absolute Gasteiger partial charge is 0.230 e. The first kappa shape index (κ1) is 14.3. The Kier molecular flexibility index (Phi) is 4.05. The summed E-state index contributed by atoms with van der Waals surface area (Å²) in [5.74, 6) is -3.51. The number of hydrogen-bond donors (Lipinski definition) is 2. The van der Waals surface area contributed by atoms with Crippen molar-refractivity contribution < 1.29 is 19.8 Å². The van der Waals surface area contributed by atoms with Gasteiger partial charge in [0.25, 0.3) is 0 Å². The van der Waals surface area contributed by atoms with Gasteiger partial charge in [-0.2, -0.15) is 5.26 Å². The van der Waals surface area contributed by atoms with Crippen LogP contribution in [-0.4, -0.2) is 26.3 Å². The van der Waals surface area contributed by atoms with Crippen LogP contribution in [0.3, 0.4) is 0 Å². The van der Waals surface area contributed by atoms with E-state index in [9.17, 15) is 19.8 Å². The fraction of sp³-hybridized carbons (Fsp3) is 0.133. The maximum absolute atomic E-state index is 12.1. The lowest BCUT2D eigenvalue weighted by Gasteiger charge is -2.10. The molecule has 21 heavy (non-hydrogen) atoms. The van der Waals surface area contributed by atoms with E-state index in [-0.39, 0.29) is 23.9 Å². The standard InChI is InChI=1S/C15H12N2O4/c16-8-11(9-17-12(18)6-7-13(17)19)15(21)14(20)10-4-2-1-3-5-10/h1-7,11,18-19H,9H2. The molecule has 2 N–H and O–H groups in total. The molecule has 1 aromatic heterocycles. The predicted octanol–water partition coefficient (Wildman–Crippen LogP) is 1.49. The van der Waals surface area contributed by atoms with Crippen LogP contribution in [0.25, 0.3) is 0 Å². The molecule has 1 aromatic carbocycles. The van der Waals surface area contributed by atoms with Gasteiger partial charge in [-0.1, -0.05) is 30.3 Å². The van der Waals surface area contributed by atoms with Crippen LogP contribution in [-0.2, 0) is 11.3 Å².